The van der Waals surface area contributed by atoms with Gasteiger partial charge in [0.1, 0.15) is 0 Å². The van der Waals surface area contributed by atoms with E-state index in [2.05, 4.69) is 5.32 Å². The molecule has 0 atom stereocenters. The highest BCUT2D eigenvalue weighted by Gasteiger charge is 2.31. The van der Waals surface area contributed by atoms with Gasteiger partial charge in [-0.25, -0.2) is 0 Å². The third kappa shape index (κ3) is 4.37. The molecular weight excluding hydrogens is 337 g/mol. The second-order valence-corrected chi connectivity index (χ2v) is 6.30. The predicted octanol–water partition coefficient (Wildman–Crippen LogP) is 1.19. The van der Waals surface area contributed by atoms with Gasteiger partial charge in [0.05, 0.1) is 12.3 Å². The molecule has 0 radical (unpaired) electrons. The molecule has 1 aromatic carbocycles. The van der Waals surface area contributed by atoms with Gasteiger partial charge in [-0.3, -0.25) is 9.59 Å². The van der Waals surface area contributed by atoms with Gasteiger partial charge in [0.15, 0.2) is 0 Å². The summed E-state index contributed by atoms with van der Waals surface area (Å²) in [6, 6.07) is 7.36. The summed E-state index contributed by atoms with van der Waals surface area (Å²) in [6.07, 6.45) is 0.387. The van der Waals surface area contributed by atoms with Crippen molar-refractivity contribution in [2.24, 2.45) is 5.92 Å². The van der Waals surface area contributed by atoms with Gasteiger partial charge >= 0.3 is 0 Å². The van der Waals surface area contributed by atoms with Crippen molar-refractivity contribution < 1.29 is 9.59 Å². The first-order valence-electron chi connectivity index (χ1n) is 7.65. The van der Waals surface area contributed by atoms with E-state index in [1.807, 2.05) is 21.9 Å². The van der Waals surface area contributed by atoms with Gasteiger partial charge in [0.25, 0.3) is 0 Å². The lowest BCUT2D eigenvalue weighted by molar-refractivity contribution is -0.143. The van der Waals surface area contributed by atoms with Crippen LogP contribution in [-0.2, 0) is 16.0 Å². The van der Waals surface area contributed by atoms with E-state index in [1.54, 1.807) is 12.1 Å². The summed E-state index contributed by atoms with van der Waals surface area (Å²) < 4.78 is 0. The maximum absolute atomic E-state index is 12.3. The molecule has 2 amide bonds. The zero-order valence-corrected chi connectivity index (χ0v) is 14.4. The third-order valence-corrected chi connectivity index (χ3v) is 4.60. The number of carbonyl (C=O) groups excluding carboxylic acids is 2. The van der Waals surface area contributed by atoms with Crippen molar-refractivity contribution in [2.45, 2.75) is 6.42 Å². The summed E-state index contributed by atoms with van der Waals surface area (Å²) in [6.45, 7) is 4.10. The number of amides is 2. The largest absolute Gasteiger partial charge is 0.339 e. The van der Waals surface area contributed by atoms with E-state index in [1.165, 1.54) is 0 Å². The highest BCUT2D eigenvalue weighted by molar-refractivity contribution is 6.30. The van der Waals surface area contributed by atoms with Crippen molar-refractivity contribution in [1.82, 2.24) is 15.1 Å². The molecule has 2 heterocycles. The molecule has 2 saturated heterocycles. The van der Waals surface area contributed by atoms with E-state index in [-0.39, 0.29) is 30.1 Å². The molecule has 7 heteroatoms. The molecule has 23 heavy (non-hydrogen) atoms. The molecule has 0 unspecified atom stereocenters. The van der Waals surface area contributed by atoms with Crippen molar-refractivity contribution >= 4 is 35.8 Å². The minimum Gasteiger partial charge on any atom is -0.339 e. The number of benzene rings is 1. The molecule has 1 aromatic rings. The number of halogens is 2. The summed E-state index contributed by atoms with van der Waals surface area (Å²) in [7, 11) is 0. The summed E-state index contributed by atoms with van der Waals surface area (Å²) in [4.78, 5) is 28.2. The minimum atomic E-state index is 0. The van der Waals surface area contributed by atoms with Crippen molar-refractivity contribution in [3.63, 3.8) is 0 Å². The Kier molecular flexibility index (Phi) is 6.27. The van der Waals surface area contributed by atoms with Crippen molar-refractivity contribution in [3.05, 3.63) is 34.9 Å². The number of rotatable bonds is 3. The molecule has 3 rings (SSSR count). The summed E-state index contributed by atoms with van der Waals surface area (Å²) in [5, 5.41) is 3.79. The number of piperazine rings is 1. The van der Waals surface area contributed by atoms with Gasteiger partial charge in [0, 0.05) is 44.3 Å². The van der Waals surface area contributed by atoms with Crippen LogP contribution >= 0.6 is 24.0 Å². The van der Waals surface area contributed by atoms with Crippen LogP contribution in [0.25, 0.3) is 0 Å². The summed E-state index contributed by atoms with van der Waals surface area (Å²) in [5.74, 6) is 0.472. The van der Waals surface area contributed by atoms with Crippen LogP contribution in [0.1, 0.15) is 5.56 Å². The number of hydrogen-bond acceptors (Lipinski definition) is 3. The third-order valence-electron chi connectivity index (χ3n) is 4.34. The molecule has 5 nitrogen and oxygen atoms in total. The fourth-order valence-electron chi connectivity index (χ4n) is 2.79. The number of nitrogens with one attached hydrogen (secondary N) is 1. The zero-order valence-electron chi connectivity index (χ0n) is 12.8. The Morgan fingerprint density at radius 1 is 1.04 bits per heavy atom. The Hall–Kier alpha value is -1.30. The molecule has 0 aromatic heterocycles. The van der Waals surface area contributed by atoms with E-state index >= 15 is 0 Å². The van der Waals surface area contributed by atoms with E-state index < -0.39 is 0 Å². The van der Waals surface area contributed by atoms with E-state index in [0.717, 1.165) is 18.7 Å². The van der Waals surface area contributed by atoms with Gasteiger partial charge in [-0.15, -0.1) is 12.4 Å². The van der Waals surface area contributed by atoms with E-state index in [4.69, 9.17) is 11.6 Å². The zero-order chi connectivity index (χ0) is 15.5. The first-order valence-corrected chi connectivity index (χ1v) is 8.03. The Labute approximate surface area is 147 Å². The Bertz CT molecular complexity index is 553. The lowest BCUT2D eigenvalue weighted by atomic mass is 10.0. The first kappa shape index (κ1) is 18.0. The fourth-order valence-corrected chi connectivity index (χ4v) is 2.91. The van der Waals surface area contributed by atoms with Crippen LogP contribution < -0.4 is 5.32 Å². The van der Waals surface area contributed by atoms with Crippen molar-refractivity contribution in [2.75, 3.05) is 39.3 Å². The average Bonchev–Trinajstić information content (AvgIpc) is 2.48. The monoisotopic (exact) mass is 357 g/mol. The van der Waals surface area contributed by atoms with Crippen molar-refractivity contribution in [3.8, 4) is 0 Å². The molecule has 2 aliphatic heterocycles. The lowest BCUT2D eigenvalue weighted by Gasteiger charge is -2.38. The number of carbonyl (C=O) groups is 2. The van der Waals surface area contributed by atoms with Gasteiger partial charge in [0.2, 0.25) is 11.8 Å². The molecular formula is C16H21Cl2N3O2. The molecule has 2 fully saturated rings. The maximum atomic E-state index is 12.3. The van der Waals surface area contributed by atoms with Gasteiger partial charge < -0.3 is 15.1 Å². The van der Waals surface area contributed by atoms with Crippen LogP contribution in [-0.4, -0.2) is 60.9 Å². The second-order valence-electron chi connectivity index (χ2n) is 5.86. The summed E-state index contributed by atoms with van der Waals surface area (Å²) >= 11 is 5.85. The average molecular weight is 358 g/mol. The van der Waals surface area contributed by atoms with Crippen LogP contribution in [0, 0.1) is 5.92 Å². The van der Waals surface area contributed by atoms with Gasteiger partial charge in [-0.1, -0.05) is 23.7 Å². The Morgan fingerprint density at radius 3 is 2.13 bits per heavy atom. The molecule has 1 N–H and O–H groups in total. The van der Waals surface area contributed by atoms with Gasteiger partial charge in [-0.05, 0) is 17.7 Å². The molecule has 0 saturated carbocycles. The minimum absolute atomic E-state index is 0. The Morgan fingerprint density at radius 2 is 1.61 bits per heavy atom. The highest BCUT2D eigenvalue weighted by Crippen LogP contribution is 2.14. The highest BCUT2D eigenvalue weighted by atomic mass is 35.5. The Balaban J connectivity index is 0.00000192. The lowest BCUT2D eigenvalue weighted by Crippen LogP contribution is -2.57. The SMILES string of the molecule is Cl.O=C(Cc1ccc(Cl)cc1)N1CCN(C(=O)C2CNC2)CC1. The number of hydrogen-bond donors (Lipinski definition) is 1. The maximum Gasteiger partial charge on any atom is 0.228 e. The van der Waals surface area contributed by atoms with E-state index in [0.29, 0.717) is 37.6 Å². The van der Waals surface area contributed by atoms with Crippen LogP contribution in [0.3, 0.4) is 0 Å². The molecule has 126 valence electrons. The normalized spacial score (nSPS) is 18.1. The summed E-state index contributed by atoms with van der Waals surface area (Å²) in [5.41, 5.74) is 0.966. The second kappa shape index (κ2) is 7.99. The fraction of sp³-hybridized carbons (Fsp3) is 0.500. The van der Waals surface area contributed by atoms with Crippen LogP contribution in [0.5, 0.6) is 0 Å². The molecule has 0 spiro atoms. The molecule has 0 bridgehead atoms. The quantitative estimate of drug-likeness (QED) is 0.883. The topological polar surface area (TPSA) is 52.7 Å². The smallest absolute Gasteiger partial charge is 0.228 e. The standard InChI is InChI=1S/C16H20ClN3O2.ClH/c17-14-3-1-12(2-4-14)9-15(21)19-5-7-20(8-6-19)16(22)13-10-18-11-13;/h1-4,13,18H,5-11H2;1H. The predicted molar refractivity (Wildman–Crippen MR) is 91.9 cm³/mol. The van der Waals surface area contributed by atoms with Crippen LogP contribution in [0.15, 0.2) is 24.3 Å². The van der Waals surface area contributed by atoms with Crippen LogP contribution in [0.4, 0.5) is 0 Å². The first-order chi connectivity index (χ1) is 10.6. The molecule has 2 aliphatic rings. The van der Waals surface area contributed by atoms with E-state index in [9.17, 15) is 9.59 Å². The van der Waals surface area contributed by atoms with Crippen molar-refractivity contribution in [1.29, 1.82) is 0 Å². The number of nitrogens with zero attached hydrogens (tertiary/aromatic N) is 2. The van der Waals surface area contributed by atoms with Gasteiger partial charge in [-0.2, -0.15) is 0 Å². The molecule has 0 aliphatic carbocycles. The van der Waals surface area contributed by atoms with Crippen LogP contribution in [0.2, 0.25) is 5.02 Å².